The van der Waals surface area contributed by atoms with E-state index in [0.717, 1.165) is 11.1 Å². The molecule has 0 saturated heterocycles. The monoisotopic (exact) mass is 932 g/mol. The molecule has 2 atom stereocenters. The van der Waals surface area contributed by atoms with Crippen LogP contribution in [0.25, 0.3) is 0 Å². The summed E-state index contributed by atoms with van der Waals surface area (Å²) in [6.07, 6.45) is 1.53. The maximum absolute atomic E-state index is 13.1. The Morgan fingerprint density at radius 1 is 0.530 bits per heavy atom. The Balaban J connectivity index is 1.06. The first-order valence-electron chi connectivity index (χ1n) is 20.7. The van der Waals surface area contributed by atoms with Crippen molar-refractivity contribution in [2.45, 2.75) is 61.9 Å². The van der Waals surface area contributed by atoms with Crippen LogP contribution in [-0.2, 0) is 22.7 Å². The number of esters is 2. The Hall–Kier alpha value is -6.82. The molecule has 1 aliphatic rings. The van der Waals surface area contributed by atoms with Crippen molar-refractivity contribution in [3.63, 3.8) is 0 Å². The highest BCUT2D eigenvalue weighted by Crippen LogP contribution is 2.59. The molecule has 66 heavy (non-hydrogen) atoms. The highest BCUT2D eigenvalue weighted by molar-refractivity contribution is 8.24. The number of thioether (sulfide) groups is 2. The van der Waals surface area contributed by atoms with Crippen LogP contribution >= 0.6 is 23.5 Å². The summed E-state index contributed by atoms with van der Waals surface area (Å²) < 4.78 is 57.3. The molecule has 5 aromatic carbocycles. The van der Waals surface area contributed by atoms with E-state index in [9.17, 15) is 20.1 Å². The number of hydrogen-bond acceptors (Lipinski definition) is 16. The number of methoxy groups -OCH3 is 4. The summed E-state index contributed by atoms with van der Waals surface area (Å²) in [6, 6.07) is 31.2. The van der Waals surface area contributed by atoms with Crippen molar-refractivity contribution in [2.75, 3.05) is 41.7 Å². The van der Waals surface area contributed by atoms with Gasteiger partial charge in [-0.1, -0.05) is 47.8 Å². The van der Waals surface area contributed by atoms with E-state index in [4.69, 9.17) is 47.4 Å². The third kappa shape index (κ3) is 12.9. The summed E-state index contributed by atoms with van der Waals surface area (Å²) in [5.41, 5.74) is 2.07. The molecule has 1 heterocycles. The topological polar surface area (TPSA) is 174 Å². The van der Waals surface area contributed by atoms with E-state index < -0.39 is 11.9 Å². The Morgan fingerprint density at radius 2 is 0.924 bits per heavy atom. The predicted molar refractivity (Wildman–Crippen MR) is 247 cm³/mol. The highest BCUT2D eigenvalue weighted by atomic mass is 32.2. The first-order chi connectivity index (χ1) is 32.0. The summed E-state index contributed by atoms with van der Waals surface area (Å²) in [4.78, 5) is 27.6. The summed E-state index contributed by atoms with van der Waals surface area (Å²) in [5, 5.41) is 19.3. The summed E-state index contributed by atoms with van der Waals surface area (Å²) in [5.74, 6) is 2.31. The molecular weight excluding hydrogens is 885 g/mol. The Bertz CT molecular complexity index is 2430. The van der Waals surface area contributed by atoms with Gasteiger partial charge in [0.15, 0.2) is 0 Å². The van der Waals surface area contributed by atoms with E-state index in [2.05, 4.69) is 0 Å². The molecule has 1 aliphatic heterocycles. The van der Waals surface area contributed by atoms with Crippen molar-refractivity contribution in [3.05, 3.63) is 129 Å². The lowest BCUT2D eigenvalue weighted by atomic mass is 10.2. The summed E-state index contributed by atoms with van der Waals surface area (Å²) in [7, 11) is 6.24. The third-order valence-electron chi connectivity index (χ3n) is 10.1. The number of benzene rings is 5. The third-order valence-corrected chi connectivity index (χ3v) is 12.7. The van der Waals surface area contributed by atoms with Gasteiger partial charge in [-0.2, -0.15) is 10.5 Å². The molecule has 2 unspecified atom stereocenters. The summed E-state index contributed by atoms with van der Waals surface area (Å²) >= 11 is 2.53. The molecular formula is C50H48N2O12S2. The van der Waals surface area contributed by atoms with Crippen LogP contribution in [0.5, 0.6) is 46.0 Å². The van der Waals surface area contributed by atoms with Crippen LogP contribution in [0, 0.1) is 22.7 Å². The lowest BCUT2D eigenvalue weighted by Crippen LogP contribution is -2.12. The second kappa shape index (κ2) is 23.9. The van der Waals surface area contributed by atoms with Crippen LogP contribution in [0.3, 0.4) is 0 Å². The molecule has 0 radical (unpaired) electrons. The molecule has 5 aromatic rings. The maximum atomic E-state index is 13.1. The van der Waals surface area contributed by atoms with Gasteiger partial charge in [0.25, 0.3) is 0 Å². The molecule has 14 nitrogen and oxygen atoms in total. The van der Waals surface area contributed by atoms with E-state index in [-0.39, 0.29) is 42.1 Å². The molecule has 0 aliphatic carbocycles. The summed E-state index contributed by atoms with van der Waals surface area (Å²) in [6.45, 7) is 5.15. The highest BCUT2D eigenvalue weighted by Gasteiger charge is 2.29. The minimum atomic E-state index is -0.589. The Morgan fingerprint density at radius 3 is 1.29 bits per heavy atom. The van der Waals surface area contributed by atoms with Crippen LogP contribution in [0.4, 0.5) is 0 Å². The van der Waals surface area contributed by atoms with E-state index >= 15 is 0 Å². The number of ether oxygens (including phenoxy) is 10. The van der Waals surface area contributed by atoms with Crippen molar-refractivity contribution >= 4 is 35.5 Å². The number of hydrogen-bond donors (Lipinski definition) is 0. The zero-order valence-electron chi connectivity index (χ0n) is 37.2. The minimum Gasteiger partial charge on any atom is -0.496 e. The van der Waals surface area contributed by atoms with Crippen molar-refractivity contribution < 1.29 is 57.0 Å². The molecule has 16 heteroatoms. The smallest absolute Gasteiger partial charge is 0.347 e. The maximum Gasteiger partial charge on any atom is 0.347 e. The van der Waals surface area contributed by atoms with E-state index in [0.29, 0.717) is 86.1 Å². The van der Waals surface area contributed by atoms with Crippen molar-refractivity contribution in [1.82, 2.24) is 0 Å². The molecule has 0 saturated carbocycles. The molecule has 0 bridgehead atoms. The van der Waals surface area contributed by atoms with Gasteiger partial charge in [-0.3, -0.25) is 0 Å². The molecule has 0 fully saturated rings. The first-order valence-corrected chi connectivity index (χ1v) is 22.3. The van der Waals surface area contributed by atoms with E-state index in [1.54, 1.807) is 111 Å². The van der Waals surface area contributed by atoms with Crippen LogP contribution in [0.15, 0.2) is 117 Å². The molecule has 342 valence electrons. The Labute approximate surface area is 392 Å². The van der Waals surface area contributed by atoms with Crippen LogP contribution < -0.4 is 37.9 Å². The van der Waals surface area contributed by atoms with Crippen molar-refractivity contribution in [3.8, 4) is 58.1 Å². The zero-order chi connectivity index (χ0) is 47.0. The van der Waals surface area contributed by atoms with Gasteiger partial charge in [0.2, 0.25) is 0 Å². The average Bonchev–Trinajstić information content (AvgIpc) is 3.79. The molecule has 0 N–H and O–H groups in total. The van der Waals surface area contributed by atoms with Gasteiger partial charge in [-0.25, -0.2) is 9.59 Å². The molecule has 0 aromatic heterocycles. The minimum absolute atomic E-state index is 0.0163. The normalized spacial score (nSPS) is 12.4. The zero-order valence-corrected chi connectivity index (χ0v) is 38.9. The second-order valence-corrected chi connectivity index (χ2v) is 16.8. The molecule has 0 spiro atoms. The van der Waals surface area contributed by atoms with Crippen LogP contribution in [0.1, 0.15) is 58.5 Å². The largest absolute Gasteiger partial charge is 0.496 e. The van der Waals surface area contributed by atoms with Gasteiger partial charge >= 0.3 is 11.9 Å². The van der Waals surface area contributed by atoms with Crippen LogP contribution in [0.2, 0.25) is 0 Å². The number of fused-ring (bicyclic) bond motifs is 1. The predicted octanol–water partition coefficient (Wildman–Crippen LogP) is 10.4. The lowest BCUT2D eigenvalue weighted by Gasteiger charge is -2.14. The fraction of sp³-hybridized carbons (Fsp3) is 0.280. The number of nitriles is 2. The average molecular weight is 933 g/mol. The standard InChI is InChI=1S/C50H48N2O12S2/c1-31(55-3)21-23-59-38-15-17-40(44(25-38)57-5)48(53)63-36-11-7-33(8-12-36)29-61-42-19-20-43(47-46(42)65-50(66-47)35(27-51)28-52)62-30-34-9-13-37(14-10-34)64-49(54)41-18-16-39(26-45(41)58-6)60-24-22-32(2)56-4/h7-20,25-26,31-32H,21-24,29-30H2,1-6H3. The van der Waals surface area contributed by atoms with Crippen LogP contribution in [-0.4, -0.2) is 65.8 Å². The number of carbonyl (C=O) groups is 2. The quantitative estimate of drug-likeness (QED) is 0.0364. The van der Waals surface area contributed by atoms with E-state index in [1.165, 1.54) is 37.7 Å². The number of rotatable bonds is 22. The number of allylic oxidation sites excluding steroid dienone is 1. The first kappa shape index (κ1) is 48.6. The fourth-order valence-corrected chi connectivity index (χ4v) is 8.62. The fourth-order valence-electron chi connectivity index (χ4n) is 6.11. The van der Waals surface area contributed by atoms with Gasteiger partial charge in [0, 0.05) is 39.2 Å². The van der Waals surface area contributed by atoms with E-state index in [1.807, 2.05) is 26.0 Å². The van der Waals surface area contributed by atoms with Gasteiger partial charge in [0.05, 0.1) is 53.7 Å². The number of nitrogens with zero attached hydrogens (tertiary/aromatic N) is 2. The van der Waals surface area contributed by atoms with Crippen molar-refractivity contribution in [1.29, 1.82) is 10.5 Å². The molecule has 6 rings (SSSR count). The Kier molecular flexibility index (Phi) is 17.6. The van der Waals surface area contributed by atoms with Gasteiger partial charge < -0.3 is 47.4 Å². The second-order valence-electron chi connectivity index (χ2n) is 14.5. The van der Waals surface area contributed by atoms with Gasteiger partial charge in [-0.15, -0.1) is 0 Å². The lowest BCUT2D eigenvalue weighted by molar-refractivity contribution is 0.0721. The van der Waals surface area contributed by atoms with Gasteiger partial charge in [0.1, 0.15) is 88.0 Å². The van der Waals surface area contributed by atoms with Gasteiger partial charge in [-0.05, 0) is 85.6 Å². The van der Waals surface area contributed by atoms with Crippen molar-refractivity contribution in [2.24, 2.45) is 0 Å². The molecule has 0 amide bonds. The number of carbonyl (C=O) groups excluding carboxylic acids is 2. The SMILES string of the molecule is COc1cc(OCCC(C)OC)ccc1C(=O)Oc1ccc(COc2ccc(OCc3ccc(OC(=O)c4ccc(OCCC(C)OC)cc4OC)cc3)c3c2SC(=C(C#N)C#N)S3)cc1.